The maximum atomic E-state index is 10.9. The topological polar surface area (TPSA) is 39.2 Å². The van der Waals surface area contributed by atoms with Gasteiger partial charge in [-0.15, -0.1) is 0 Å². The van der Waals surface area contributed by atoms with Gasteiger partial charge in [-0.3, -0.25) is 9.78 Å². The predicted molar refractivity (Wildman–Crippen MR) is 76.9 cm³/mol. The number of aromatic nitrogens is 1. The summed E-state index contributed by atoms with van der Waals surface area (Å²) in [5, 5.41) is 0. The molecule has 0 aliphatic carbocycles. The lowest BCUT2D eigenvalue weighted by Gasteiger charge is -2.02. The predicted octanol–water partition coefficient (Wildman–Crippen LogP) is 3.92. The van der Waals surface area contributed by atoms with Crippen LogP contribution in [0.5, 0.6) is 0 Å². The molecule has 1 heterocycles. The van der Waals surface area contributed by atoms with E-state index in [1.165, 1.54) is 44.9 Å². The largest absolute Gasteiger partial charge is 0.469 e. The van der Waals surface area contributed by atoms with Crippen LogP contribution < -0.4 is 0 Å². The molecule has 0 N–H and O–H groups in total. The number of carbonyl (C=O) groups excluding carboxylic acids is 1. The van der Waals surface area contributed by atoms with E-state index in [1.807, 2.05) is 18.3 Å². The van der Waals surface area contributed by atoms with Crippen LogP contribution in [0.1, 0.15) is 57.1 Å². The molecule has 0 saturated carbocycles. The third-order valence-corrected chi connectivity index (χ3v) is 3.27. The van der Waals surface area contributed by atoms with Gasteiger partial charge in [0.05, 0.1) is 7.11 Å². The summed E-state index contributed by atoms with van der Waals surface area (Å²) in [6, 6.07) is 6.09. The molecule has 1 rings (SSSR count). The highest BCUT2D eigenvalue weighted by Gasteiger charge is 1.99. The van der Waals surface area contributed by atoms with Gasteiger partial charge in [-0.2, -0.15) is 0 Å². The molecule has 3 nitrogen and oxygen atoms in total. The molecule has 106 valence electrons. The fourth-order valence-electron chi connectivity index (χ4n) is 2.11. The number of hydrogen-bond acceptors (Lipinski definition) is 3. The van der Waals surface area contributed by atoms with Crippen LogP contribution in [0.15, 0.2) is 24.4 Å². The molecule has 3 heteroatoms. The number of ether oxygens (including phenoxy) is 1. The van der Waals surface area contributed by atoms with E-state index in [-0.39, 0.29) is 5.97 Å². The third-order valence-electron chi connectivity index (χ3n) is 3.27. The van der Waals surface area contributed by atoms with Crippen molar-refractivity contribution in [2.24, 2.45) is 0 Å². The number of pyridine rings is 1. The number of aryl methyl sites for hydroxylation is 1. The molecular weight excluding hydrogens is 238 g/mol. The van der Waals surface area contributed by atoms with Gasteiger partial charge >= 0.3 is 5.97 Å². The Kier molecular flexibility index (Phi) is 8.69. The van der Waals surface area contributed by atoms with Gasteiger partial charge in [0, 0.05) is 18.3 Å². The zero-order valence-electron chi connectivity index (χ0n) is 11.9. The molecule has 1 aromatic heterocycles. The highest BCUT2D eigenvalue weighted by Crippen LogP contribution is 2.10. The minimum absolute atomic E-state index is 0.0876. The molecule has 19 heavy (non-hydrogen) atoms. The summed E-state index contributed by atoms with van der Waals surface area (Å²) in [7, 11) is 1.45. The van der Waals surface area contributed by atoms with E-state index < -0.39 is 0 Å². The van der Waals surface area contributed by atoms with E-state index >= 15 is 0 Å². The third kappa shape index (κ3) is 8.36. The summed E-state index contributed by atoms with van der Waals surface area (Å²) >= 11 is 0. The van der Waals surface area contributed by atoms with E-state index in [9.17, 15) is 4.79 Å². The lowest BCUT2D eigenvalue weighted by molar-refractivity contribution is -0.140. The smallest absolute Gasteiger partial charge is 0.305 e. The van der Waals surface area contributed by atoms with Crippen LogP contribution in [0.3, 0.4) is 0 Å². The summed E-state index contributed by atoms with van der Waals surface area (Å²) in [5.41, 5.74) is 1.19. The van der Waals surface area contributed by atoms with Gasteiger partial charge < -0.3 is 4.74 Å². The first-order valence-electron chi connectivity index (χ1n) is 7.29. The molecule has 1 aromatic rings. The molecular formula is C16H25NO2. The Labute approximate surface area is 116 Å². The number of carbonyl (C=O) groups is 1. The van der Waals surface area contributed by atoms with Crippen molar-refractivity contribution in [3.8, 4) is 0 Å². The first kappa shape index (κ1) is 15.7. The Bertz CT molecular complexity index is 338. The summed E-state index contributed by atoms with van der Waals surface area (Å²) in [6.07, 6.45) is 11.9. The first-order valence-corrected chi connectivity index (χ1v) is 7.29. The number of unbranched alkanes of at least 4 members (excludes halogenated alkanes) is 6. The second kappa shape index (κ2) is 10.5. The molecule has 0 saturated heterocycles. The molecule has 0 radical (unpaired) electrons. The average Bonchev–Trinajstić information content (AvgIpc) is 2.46. The second-order valence-corrected chi connectivity index (χ2v) is 4.87. The van der Waals surface area contributed by atoms with Gasteiger partial charge in [-0.25, -0.2) is 0 Å². The summed E-state index contributed by atoms with van der Waals surface area (Å²) in [4.78, 5) is 15.2. The van der Waals surface area contributed by atoms with Crippen LogP contribution in [-0.2, 0) is 16.0 Å². The van der Waals surface area contributed by atoms with Gasteiger partial charge in [0.15, 0.2) is 0 Å². The van der Waals surface area contributed by atoms with Crippen LogP contribution in [0, 0.1) is 0 Å². The molecule has 0 spiro atoms. The lowest BCUT2D eigenvalue weighted by Crippen LogP contribution is -1.99. The van der Waals surface area contributed by atoms with Gasteiger partial charge in [-0.05, 0) is 31.4 Å². The Hall–Kier alpha value is -1.38. The molecule has 0 bridgehead atoms. The summed E-state index contributed by atoms with van der Waals surface area (Å²) in [5.74, 6) is -0.0876. The van der Waals surface area contributed by atoms with Crippen molar-refractivity contribution in [1.29, 1.82) is 0 Å². The summed E-state index contributed by atoms with van der Waals surface area (Å²) < 4.78 is 4.61. The Morgan fingerprint density at radius 2 is 1.74 bits per heavy atom. The van der Waals surface area contributed by atoms with Crippen LogP contribution in [0.25, 0.3) is 0 Å². The number of methoxy groups -OCH3 is 1. The fraction of sp³-hybridized carbons (Fsp3) is 0.625. The van der Waals surface area contributed by atoms with Crippen molar-refractivity contribution in [3.63, 3.8) is 0 Å². The number of nitrogens with zero attached hydrogens (tertiary/aromatic N) is 1. The average molecular weight is 263 g/mol. The zero-order valence-corrected chi connectivity index (χ0v) is 11.9. The SMILES string of the molecule is COC(=O)CCCCCCCCCc1ccccn1. The molecule has 0 amide bonds. The van der Waals surface area contributed by atoms with Crippen molar-refractivity contribution in [2.45, 2.75) is 57.8 Å². The van der Waals surface area contributed by atoms with Gasteiger partial charge in [-0.1, -0.05) is 38.2 Å². The van der Waals surface area contributed by atoms with Crippen molar-refractivity contribution in [3.05, 3.63) is 30.1 Å². The van der Waals surface area contributed by atoms with E-state index in [2.05, 4.69) is 15.8 Å². The molecule has 0 aliphatic rings. The molecule has 0 atom stereocenters. The van der Waals surface area contributed by atoms with Crippen LogP contribution in [0.2, 0.25) is 0 Å². The van der Waals surface area contributed by atoms with Crippen molar-refractivity contribution >= 4 is 5.97 Å². The Morgan fingerprint density at radius 3 is 2.37 bits per heavy atom. The molecule has 0 aliphatic heterocycles. The monoisotopic (exact) mass is 263 g/mol. The zero-order chi connectivity index (χ0) is 13.8. The van der Waals surface area contributed by atoms with Crippen LogP contribution >= 0.6 is 0 Å². The lowest BCUT2D eigenvalue weighted by atomic mass is 10.1. The number of esters is 1. The van der Waals surface area contributed by atoms with Gasteiger partial charge in [0.1, 0.15) is 0 Å². The number of hydrogen-bond donors (Lipinski definition) is 0. The highest BCUT2D eigenvalue weighted by atomic mass is 16.5. The fourth-order valence-corrected chi connectivity index (χ4v) is 2.11. The Morgan fingerprint density at radius 1 is 1.05 bits per heavy atom. The quantitative estimate of drug-likeness (QED) is 0.474. The highest BCUT2D eigenvalue weighted by molar-refractivity contribution is 5.68. The van der Waals surface area contributed by atoms with Crippen LogP contribution in [-0.4, -0.2) is 18.1 Å². The van der Waals surface area contributed by atoms with Crippen molar-refractivity contribution in [1.82, 2.24) is 4.98 Å². The van der Waals surface area contributed by atoms with Crippen molar-refractivity contribution < 1.29 is 9.53 Å². The van der Waals surface area contributed by atoms with E-state index in [0.29, 0.717) is 6.42 Å². The maximum absolute atomic E-state index is 10.9. The normalized spacial score (nSPS) is 10.4. The van der Waals surface area contributed by atoms with Gasteiger partial charge in [0.2, 0.25) is 0 Å². The first-order chi connectivity index (χ1) is 9.33. The van der Waals surface area contributed by atoms with Gasteiger partial charge in [0.25, 0.3) is 0 Å². The molecule has 0 aromatic carbocycles. The van der Waals surface area contributed by atoms with Crippen LogP contribution in [0.4, 0.5) is 0 Å². The number of rotatable bonds is 10. The second-order valence-electron chi connectivity index (χ2n) is 4.87. The van der Waals surface area contributed by atoms with E-state index in [4.69, 9.17) is 0 Å². The molecule has 0 unspecified atom stereocenters. The summed E-state index contributed by atoms with van der Waals surface area (Å²) in [6.45, 7) is 0. The minimum Gasteiger partial charge on any atom is -0.469 e. The van der Waals surface area contributed by atoms with Crippen molar-refractivity contribution in [2.75, 3.05) is 7.11 Å². The Balaban J connectivity index is 1.85. The maximum Gasteiger partial charge on any atom is 0.305 e. The minimum atomic E-state index is -0.0876. The van der Waals surface area contributed by atoms with E-state index in [1.54, 1.807) is 0 Å². The standard InChI is InChI=1S/C16H25NO2/c1-19-16(18)13-8-6-4-2-3-5-7-11-15-12-9-10-14-17-15/h9-10,12,14H,2-8,11,13H2,1H3. The molecule has 0 fully saturated rings. The van der Waals surface area contributed by atoms with E-state index in [0.717, 1.165) is 19.3 Å².